The Bertz CT molecular complexity index is 1450. The van der Waals surface area contributed by atoms with Gasteiger partial charge in [-0.3, -0.25) is 4.98 Å². The van der Waals surface area contributed by atoms with Gasteiger partial charge in [0.1, 0.15) is 11.9 Å². The highest BCUT2D eigenvalue weighted by atomic mass is 35.5. The molecule has 2 saturated heterocycles. The number of anilines is 2. The zero-order valence-electron chi connectivity index (χ0n) is 21.1. The molecule has 2 aliphatic rings. The van der Waals surface area contributed by atoms with Gasteiger partial charge in [0.15, 0.2) is 5.11 Å². The SMILES string of the molecule is CC1CCN(c2ccc(N3C(=S)N[C@H](c4ccccn4)[C@H]3c3cccn3-c3ccccc3F)cc2Cl)CC1. The Labute approximate surface area is 232 Å². The van der Waals surface area contributed by atoms with Gasteiger partial charge in [-0.05, 0) is 85.6 Å². The fraction of sp³-hybridized carbons (Fsp3) is 0.267. The first kappa shape index (κ1) is 24.9. The Balaban J connectivity index is 1.43. The largest absolute Gasteiger partial charge is 0.370 e. The van der Waals surface area contributed by atoms with Crippen LogP contribution in [0.2, 0.25) is 5.02 Å². The van der Waals surface area contributed by atoms with Gasteiger partial charge >= 0.3 is 0 Å². The molecule has 5 nitrogen and oxygen atoms in total. The minimum atomic E-state index is -0.289. The summed E-state index contributed by atoms with van der Waals surface area (Å²) in [6.45, 7) is 4.31. The molecule has 2 aliphatic heterocycles. The van der Waals surface area contributed by atoms with Crippen LogP contribution in [0.4, 0.5) is 15.8 Å². The summed E-state index contributed by atoms with van der Waals surface area (Å²) >= 11 is 12.8. The Morgan fingerprint density at radius 2 is 1.76 bits per heavy atom. The van der Waals surface area contributed by atoms with Gasteiger partial charge in [-0.25, -0.2) is 4.39 Å². The van der Waals surface area contributed by atoms with E-state index in [2.05, 4.69) is 39.2 Å². The molecule has 0 spiro atoms. The lowest BCUT2D eigenvalue weighted by atomic mass is 9.98. The number of rotatable bonds is 5. The molecule has 2 aromatic heterocycles. The highest BCUT2D eigenvalue weighted by Gasteiger charge is 2.42. The van der Waals surface area contributed by atoms with E-state index in [-0.39, 0.29) is 17.9 Å². The topological polar surface area (TPSA) is 36.3 Å². The number of piperidine rings is 1. The molecular formula is C30H29ClFN5S. The molecule has 0 aliphatic carbocycles. The van der Waals surface area contributed by atoms with Gasteiger partial charge in [0.2, 0.25) is 0 Å². The molecule has 2 fully saturated rings. The van der Waals surface area contributed by atoms with Crippen molar-refractivity contribution in [3.63, 3.8) is 0 Å². The van der Waals surface area contributed by atoms with E-state index in [1.807, 2.05) is 53.2 Å². The van der Waals surface area contributed by atoms with Crippen LogP contribution in [0.5, 0.6) is 0 Å². The molecule has 2 aromatic carbocycles. The standard InChI is InChI=1S/C30H29ClFN5S/c1-20-13-17-35(18-14-20)25-12-11-21(19-22(25)31)37-29(28(34-30(37)38)24-8-4-5-15-33-24)27-10-6-16-36(27)26-9-3-2-7-23(26)32/h2-12,15-16,19-20,28-29H,13-14,17-18H2,1H3,(H,34,38)/t28-,29-/m1/s1. The van der Waals surface area contributed by atoms with Crippen molar-refractivity contribution in [2.45, 2.75) is 31.8 Å². The summed E-state index contributed by atoms with van der Waals surface area (Å²) in [5.74, 6) is 0.454. The molecule has 1 N–H and O–H groups in total. The number of hydrogen-bond donors (Lipinski definition) is 1. The van der Waals surface area contributed by atoms with Crippen LogP contribution >= 0.6 is 23.8 Å². The Morgan fingerprint density at radius 3 is 2.50 bits per heavy atom. The molecule has 4 heterocycles. The second kappa shape index (κ2) is 10.4. The fourth-order valence-electron chi connectivity index (χ4n) is 5.59. The van der Waals surface area contributed by atoms with E-state index in [9.17, 15) is 4.39 Å². The minimum Gasteiger partial charge on any atom is -0.370 e. The number of thiocarbonyl (C=S) groups is 1. The van der Waals surface area contributed by atoms with Crippen molar-refractivity contribution in [2.75, 3.05) is 22.9 Å². The average Bonchev–Trinajstić information content (AvgIpc) is 3.54. The second-order valence-electron chi connectivity index (χ2n) is 10.1. The summed E-state index contributed by atoms with van der Waals surface area (Å²) in [6, 6.07) is 22.2. The summed E-state index contributed by atoms with van der Waals surface area (Å²) in [7, 11) is 0. The van der Waals surface area contributed by atoms with E-state index in [0.29, 0.717) is 15.8 Å². The highest BCUT2D eigenvalue weighted by Crippen LogP contribution is 2.44. The molecule has 2 atom stereocenters. The van der Waals surface area contributed by atoms with Crippen molar-refractivity contribution in [2.24, 2.45) is 5.92 Å². The number of halogens is 2. The molecule has 194 valence electrons. The number of pyridine rings is 1. The first-order chi connectivity index (χ1) is 18.5. The van der Waals surface area contributed by atoms with E-state index in [1.54, 1.807) is 18.3 Å². The maximum absolute atomic E-state index is 14.9. The summed E-state index contributed by atoms with van der Waals surface area (Å²) < 4.78 is 16.8. The quantitative estimate of drug-likeness (QED) is 0.271. The van der Waals surface area contributed by atoms with Crippen LogP contribution in [0, 0.1) is 11.7 Å². The Hall–Kier alpha value is -3.42. The lowest BCUT2D eigenvalue weighted by Gasteiger charge is -2.33. The van der Waals surface area contributed by atoms with Crippen LogP contribution in [-0.2, 0) is 0 Å². The molecule has 6 rings (SSSR count). The van der Waals surface area contributed by atoms with Crippen LogP contribution in [0.1, 0.15) is 43.2 Å². The predicted molar refractivity (Wildman–Crippen MR) is 156 cm³/mol. The summed E-state index contributed by atoms with van der Waals surface area (Å²) in [6.07, 6.45) is 6.00. The third-order valence-electron chi connectivity index (χ3n) is 7.63. The Kier molecular flexibility index (Phi) is 6.80. The van der Waals surface area contributed by atoms with Crippen molar-refractivity contribution < 1.29 is 4.39 Å². The molecule has 0 unspecified atom stereocenters. The maximum atomic E-state index is 14.9. The number of nitrogens with zero attached hydrogens (tertiary/aromatic N) is 4. The van der Waals surface area contributed by atoms with Gasteiger partial charge in [0, 0.05) is 36.9 Å². The lowest BCUT2D eigenvalue weighted by Crippen LogP contribution is -2.33. The Morgan fingerprint density at radius 1 is 0.974 bits per heavy atom. The van der Waals surface area contributed by atoms with Crippen LogP contribution in [0.3, 0.4) is 0 Å². The highest BCUT2D eigenvalue weighted by molar-refractivity contribution is 7.80. The third kappa shape index (κ3) is 4.54. The number of hydrogen-bond acceptors (Lipinski definition) is 3. The zero-order valence-corrected chi connectivity index (χ0v) is 22.7. The molecule has 0 amide bonds. The van der Waals surface area contributed by atoms with E-state index in [1.165, 1.54) is 18.9 Å². The molecule has 38 heavy (non-hydrogen) atoms. The van der Waals surface area contributed by atoms with Gasteiger partial charge in [-0.1, -0.05) is 36.7 Å². The van der Waals surface area contributed by atoms with E-state index in [0.717, 1.165) is 41.8 Å². The summed E-state index contributed by atoms with van der Waals surface area (Å²) in [5, 5.41) is 4.76. The zero-order chi connectivity index (χ0) is 26.2. The maximum Gasteiger partial charge on any atom is 0.174 e. The first-order valence-corrected chi connectivity index (χ1v) is 13.8. The van der Waals surface area contributed by atoms with Gasteiger partial charge < -0.3 is 19.7 Å². The number of nitrogens with one attached hydrogen (secondary N) is 1. The van der Waals surface area contributed by atoms with Gasteiger partial charge in [-0.15, -0.1) is 0 Å². The second-order valence-corrected chi connectivity index (χ2v) is 10.9. The number of para-hydroxylation sites is 1. The summed E-state index contributed by atoms with van der Waals surface area (Å²) in [5.41, 5.74) is 4.16. The van der Waals surface area contributed by atoms with Gasteiger partial charge in [0.05, 0.1) is 28.1 Å². The third-order valence-corrected chi connectivity index (χ3v) is 8.24. The fourth-order valence-corrected chi connectivity index (χ4v) is 6.23. The van der Waals surface area contributed by atoms with Crippen molar-refractivity contribution in [1.29, 1.82) is 0 Å². The minimum absolute atomic E-state index is 0.244. The molecule has 0 bridgehead atoms. The average molecular weight is 546 g/mol. The monoisotopic (exact) mass is 545 g/mol. The summed E-state index contributed by atoms with van der Waals surface area (Å²) in [4.78, 5) is 9.08. The van der Waals surface area contributed by atoms with Crippen LogP contribution in [0.25, 0.3) is 5.69 Å². The van der Waals surface area contributed by atoms with Crippen molar-refractivity contribution in [1.82, 2.24) is 14.9 Å². The van der Waals surface area contributed by atoms with E-state index < -0.39 is 0 Å². The molecule has 8 heteroatoms. The van der Waals surface area contributed by atoms with Crippen LogP contribution in [-0.4, -0.2) is 27.8 Å². The smallest absolute Gasteiger partial charge is 0.174 e. The molecular weight excluding hydrogens is 517 g/mol. The lowest BCUT2D eigenvalue weighted by molar-refractivity contribution is 0.438. The van der Waals surface area contributed by atoms with E-state index >= 15 is 0 Å². The molecule has 0 saturated carbocycles. The van der Waals surface area contributed by atoms with Crippen molar-refractivity contribution in [3.8, 4) is 5.69 Å². The molecule has 0 radical (unpaired) electrons. The van der Waals surface area contributed by atoms with Gasteiger partial charge in [0.25, 0.3) is 0 Å². The normalized spacial score (nSPS) is 20.1. The van der Waals surface area contributed by atoms with Crippen LogP contribution < -0.4 is 15.1 Å². The number of benzene rings is 2. The van der Waals surface area contributed by atoms with Crippen molar-refractivity contribution in [3.05, 3.63) is 107 Å². The predicted octanol–water partition coefficient (Wildman–Crippen LogP) is 7.08. The van der Waals surface area contributed by atoms with Crippen molar-refractivity contribution >= 4 is 40.3 Å². The first-order valence-electron chi connectivity index (χ1n) is 13.0. The van der Waals surface area contributed by atoms with Gasteiger partial charge in [-0.2, -0.15) is 0 Å². The molecule has 4 aromatic rings. The van der Waals surface area contributed by atoms with E-state index in [4.69, 9.17) is 23.8 Å². The van der Waals surface area contributed by atoms with Crippen LogP contribution in [0.15, 0.2) is 85.2 Å². The number of aromatic nitrogens is 2.